The third-order valence-electron chi connectivity index (χ3n) is 5.03. The van der Waals surface area contributed by atoms with Crippen LogP contribution in [0.1, 0.15) is 11.1 Å². The zero-order valence-corrected chi connectivity index (χ0v) is 19.0. The Morgan fingerprint density at radius 2 is 1.59 bits per heavy atom. The van der Waals surface area contributed by atoms with Gasteiger partial charge in [0.25, 0.3) is 10.0 Å². The average Bonchev–Trinajstić information content (AvgIpc) is 2.78. The number of hydrogen-bond donors (Lipinski definition) is 0. The molecule has 168 valence electrons. The summed E-state index contributed by atoms with van der Waals surface area (Å²) in [7, 11) is -0.919. The Kier molecular flexibility index (Phi) is 7.15. The van der Waals surface area contributed by atoms with Crippen molar-refractivity contribution in [3.63, 3.8) is 0 Å². The van der Waals surface area contributed by atoms with Crippen LogP contribution in [0.3, 0.4) is 0 Å². The molecule has 0 aliphatic heterocycles. The van der Waals surface area contributed by atoms with Gasteiger partial charge in [-0.2, -0.15) is 0 Å². The second-order valence-electron chi connectivity index (χ2n) is 7.36. The van der Waals surface area contributed by atoms with Crippen LogP contribution in [0.2, 0.25) is 0 Å². The summed E-state index contributed by atoms with van der Waals surface area (Å²) in [5.41, 5.74) is 1.90. The van der Waals surface area contributed by atoms with Crippen molar-refractivity contribution in [2.24, 2.45) is 0 Å². The number of carbonyl (C=O) groups is 1. The van der Waals surface area contributed by atoms with Crippen LogP contribution in [0.15, 0.2) is 77.7 Å². The molecule has 0 fully saturated rings. The smallest absolute Gasteiger partial charge is 0.264 e. The van der Waals surface area contributed by atoms with E-state index in [1.165, 1.54) is 29.2 Å². The molecule has 3 rings (SSSR count). The maximum atomic E-state index is 13.5. The van der Waals surface area contributed by atoms with Crippen molar-refractivity contribution >= 4 is 21.6 Å². The summed E-state index contributed by atoms with van der Waals surface area (Å²) in [5, 5.41) is 0. The highest BCUT2D eigenvalue weighted by atomic mass is 32.2. The Morgan fingerprint density at radius 3 is 2.22 bits per heavy atom. The molecule has 0 saturated heterocycles. The van der Waals surface area contributed by atoms with Gasteiger partial charge >= 0.3 is 0 Å². The van der Waals surface area contributed by atoms with Crippen molar-refractivity contribution in [3.8, 4) is 5.75 Å². The van der Waals surface area contributed by atoms with Gasteiger partial charge in [0.05, 0.1) is 17.7 Å². The number of rotatable bonds is 8. The molecular weight excluding hydrogens is 431 g/mol. The number of aryl methyl sites for hydroxylation is 1. The summed E-state index contributed by atoms with van der Waals surface area (Å²) in [4.78, 5) is 14.5. The number of methoxy groups -OCH3 is 1. The average molecular weight is 457 g/mol. The molecule has 0 atom stereocenters. The predicted octanol–water partition coefficient (Wildman–Crippen LogP) is 4.00. The SMILES string of the molecule is COc1ccccc1CN(C)C(=O)CN(c1ccc(F)cc1)S(=O)(=O)c1ccc(C)cc1. The van der Waals surface area contributed by atoms with E-state index >= 15 is 0 Å². The monoisotopic (exact) mass is 456 g/mol. The van der Waals surface area contributed by atoms with Crippen molar-refractivity contribution < 1.29 is 22.3 Å². The molecule has 0 spiro atoms. The largest absolute Gasteiger partial charge is 0.496 e. The normalized spacial score (nSPS) is 11.1. The number of hydrogen-bond acceptors (Lipinski definition) is 4. The first kappa shape index (κ1) is 23.3. The molecule has 0 radical (unpaired) electrons. The summed E-state index contributed by atoms with van der Waals surface area (Å²) in [6.07, 6.45) is 0. The third kappa shape index (κ3) is 5.26. The molecule has 0 aromatic heterocycles. The van der Waals surface area contributed by atoms with E-state index in [0.717, 1.165) is 27.6 Å². The first-order chi connectivity index (χ1) is 15.2. The molecule has 0 unspecified atom stereocenters. The van der Waals surface area contributed by atoms with Gasteiger partial charge in [-0.25, -0.2) is 12.8 Å². The number of ether oxygens (including phenoxy) is 1. The molecule has 0 bridgehead atoms. The summed E-state index contributed by atoms with van der Waals surface area (Å²) in [6.45, 7) is 1.66. The minimum Gasteiger partial charge on any atom is -0.496 e. The van der Waals surface area contributed by atoms with Crippen LogP contribution in [0.5, 0.6) is 5.75 Å². The number of carbonyl (C=O) groups excluding carboxylic acids is 1. The number of nitrogens with zero attached hydrogens (tertiary/aromatic N) is 2. The fourth-order valence-corrected chi connectivity index (χ4v) is 4.59. The fraction of sp³-hybridized carbons (Fsp3) is 0.208. The molecule has 0 saturated carbocycles. The molecule has 1 amide bonds. The Balaban J connectivity index is 1.90. The highest BCUT2D eigenvalue weighted by Gasteiger charge is 2.28. The molecular formula is C24H25FN2O4S. The van der Waals surface area contributed by atoms with E-state index in [4.69, 9.17) is 4.74 Å². The molecule has 0 aliphatic carbocycles. The van der Waals surface area contributed by atoms with E-state index in [0.29, 0.717) is 5.75 Å². The van der Waals surface area contributed by atoms with E-state index in [9.17, 15) is 17.6 Å². The molecule has 32 heavy (non-hydrogen) atoms. The number of benzene rings is 3. The van der Waals surface area contributed by atoms with Crippen LogP contribution in [0, 0.1) is 12.7 Å². The van der Waals surface area contributed by atoms with E-state index < -0.39 is 28.3 Å². The van der Waals surface area contributed by atoms with Gasteiger partial charge in [0.1, 0.15) is 18.1 Å². The van der Waals surface area contributed by atoms with Gasteiger partial charge in [0, 0.05) is 19.2 Å². The van der Waals surface area contributed by atoms with Gasteiger partial charge in [0.15, 0.2) is 0 Å². The minimum atomic E-state index is -4.06. The Hall–Kier alpha value is -3.39. The lowest BCUT2D eigenvalue weighted by molar-refractivity contribution is -0.128. The maximum Gasteiger partial charge on any atom is 0.264 e. The third-order valence-corrected chi connectivity index (χ3v) is 6.82. The summed E-state index contributed by atoms with van der Waals surface area (Å²) >= 11 is 0. The molecule has 6 nitrogen and oxygen atoms in total. The number of amides is 1. The van der Waals surface area contributed by atoms with Crippen molar-refractivity contribution in [2.75, 3.05) is 25.0 Å². The van der Waals surface area contributed by atoms with Crippen molar-refractivity contribution in [1.82, 2.24) is 4.90 Å². The zero-order valence-electron chi connectivity index (χ0n) is 18.2. The summed E-state index contributed by atoms with van der Waals surface area (Å²) in [6, 6.07) is 18.7. The molecule has 0 N–H and O–H groups in total. The van der Waals surface area contributed by atoms with Gasteiger partial charge in [0.2, 0.25) is 5.91 Å². The quantitative estimate of drug-likeness (QED) is 0.514. The first-order valence-corrected chi connectivity index (χ1v) is 11.4. The van der Waals surface area contributed by atoms with Gasteiger partial charge in [-0.1, -0.05) is 35.9 Å². The molecule has 0 aliphatic rings. The molecule has 3 aromatic rings. The highest BCUT2D eigenvalue weighted by molar-refractivity contribution is 7.92. The number of sulfonamides is 1. The number of para-hydroxylation sites is 1. The lowest BCUT2D eigenvalue weighted by atomic mass is 10.2. The second kappa shape index (κ2) is 9.82. The van der Waals surface area contributed by atoms with Crippen LogP contribution >= 0.6 is 0 Å². The lowest BCUT2D eigenvalue weighted by Crippen LogP contribution is -2.41. The number of anilines is 1. The minimum absolute atomic E-state index is 0.0487. The van der Waals surface area contributed by atoms with Crippen LogP contribution in [-0.4, -0.2) is 39.9 Å². The first-order valence-electron chi connectivity index (χ1n) is 9.93. The molecule has 0 heterocycles. The van der Waals surface area contributed by atoms with Gasteiger partial charge in [-0.3, -0.25) is 9.10 Å². The zero-order chi connectivity index (χ0) is 23.3. The van der Waals surface area contributed by atoms with E-state index in [1.54, 1.807) is 32.4 Å². The van der Waals surface area contributed by atoms with E-state index in [-0.39, 0.29) is 17.1 Å². The lowest BCUT2D eigenvalue weighted by Gasteiger charge is -2.27. The molecule has 8 heteroatoms. The van der Waals surface area contributed by atoms with Gasteiger partial charge in [-0.05, 0) is 49.4 Å². The summed E-state index contributed by atoms with van der Waals surface area (Å²) in [5.74, 6) is -0.285. The number of halogens is 1. The van der Waals surface area contributed by atoms with Gasteiger partial charge in [-0.15, -0.1) is 0 Å². The van der Waals surface area contributed by atoms with Crippen molar-refractivity contribution in [3.05, 3.63) is 89.7 Å². The second-order valence-corrected chi connectivity index (χ2v) is 9.23. The van der Waals surface area contributed by atoms with Crippen LogP contribution in [0.4, 0.5) is 10.1 Å². The predicted molar refractivity (Wildman–Crippen MR) is 122 cm³/mol. The Labute approximate surface area is 187 Å². The highest BCUT2D eigenvalue weighted by Crippen LogP contribution is 2.25. The van der Waals surface area contributed by atoms with Gasteiger partial charge < -0.3 is 9.64 Å². The Bertz CT molecular complexity index is 1180. The maximum absolute atomic E-state index is 13.5. The summed E-state index contributed by atoms with van der Waals surface area (Å²) < 4.78 is 46.6. The van der Waals surface area contributed by atoms with Crippen molar-refractivity contribution in [2.45, 2.75) is 18.4 Å². The number of likely N-dealkylation sites (N-methyl/N-ethyl adjacent to an activating group) is 1. The van der Waals surface area contributed by atoms with Crippen LogP contribution in [-0.2, 0) is 21.4 Å². The van der Waals surface area contributed by atoms with Crippen LogP contribution in [0.25, 0.3) is 0 Å². The van der Waals surface area contributed by atoms with E-state index in [2.05, 4.69) is 0 Å². The fourth-order valence-electron chi connectivity index (χ4n) is 3.18. The standard InChI is InChI=1S/C24H25FN2O4S/c1-18-8-14-22(15-9-18)32(29,30)27(21-12-10-20(25)11-13-21)17-24(28)26(2)16-19-6-4-5-7-23(19)31-3/h4-15H,16-17H2,1-3H3. The topological polar surface area (TPSA) is 66.9 Å². The molecule has 3 aromatic carbocycles. The van der Waals surface area contributed by atoms with Crippen molar-refractivity contribution in [1.29, 1.82) is 0 Å². The Morgan fingerprint density at radius 1 is 0.969 bits per heavy atom. The van der Waals surface area contributed by atoms with Crippen LogP contribution < -0.4 is 9.04 Å². The van der Waals surface area contributed by atoms with E-state index in [1.807, 2.05) is 25.1 Å².